The fraction of sp³-hybridized carbons (Fsp3) is 0.347. The molecule has 60 heavy (non-hydrogen) atoms. The average molecular weight is 815 g/mol. The number of hydrogen-bond donors (Lipinski definition) is 2. The van der Waals surface area contributed by atoms with Crippen molar-refractivity contribution in [1.82, 2.24) is 5.32 Å². The number of fused-ring (bicyclic) bond motifs is 3. The first kappa shape index (κ1) is 42.7. The van der Waals surface area contributed by atoms with E-state index in [0.29, 0.717) is 6.61 Å². The summed E-state index contributed by atoms with van der Waals surface area (Å²) in [5.74, 6) is -0.872. The van der Waals surface area contributed by atoms with E-state index in [-0.39, 0.29) is 39.0 Å². The quantitative estimate of drug-likeness (QED) is 0.0900. The van der Waals surface area contributed by atoms with Crippen LogP contribution < -0.4 is 11.1 Å². The summed E-state index contributed by atoms with van der Waals surface area (Å²) in [5, 5.41) is 2.70. The van der Waals surface area contributed by atoms with E-state index in [9.17, 15) is 9.59 Å². The molecule has 1 saturated heterocycles. The second kappa shape index (κ2) is 20.2. The molecule has 5 aromatic rings. The van der Waals surface area contributed by atoms with E-state index in [1.807, 2.05) is 127 Å². The van der Waals surface area contributed by atoms with Gasteiger partial charge in [-0.25, -0.2) is 9.59 Å². The van der Waals surface area contributed by atoms with E-state index in [4.69, 9.17) is 38.9 Å². The van der Waals surface area contributed by atoms with Crippen molar-refractivity contribution in [3.8, 4) is 11.1 Å². The summed E-state index contributed by atoms with van der Waals surface area (Å²) in [6.07, 6.45) is -3.98. The minimum Gasteiger partial charge on any atom is -0.458 e. The van der Waals surface area contributed by atoms with Gasteiger partial charge < -0.3 is 44.2 Å². The number of nitrogens with one attached hydrogen (secondary N) is 1. The molecule has 11 heteroatoms. The zero-order valence-corrected chi connectivity index (χ0v) is 34.3. The van der Waals surface area contributed by atoms with Gasteiger partial charge in [-0.3, -0.25) is 0 Å². The van der Waals surface area contributed by atoms with Crippen molar-refractivity contribution in [2.75, 3.05) is 19.8 Å². The highest BCUT2D eigenvalue weighted by molar-refractivity contribution is 5.82. The number of carbonyl (C=O) groups excluding carboxylic acids is 2. The predicted molar refractivity (Wildman–Crippen MR) is 227 cm³/mol. The van der Waals surface area contributed by atoms with E-state index in [2.05, 4.69) is 17.4 Å². The molecule has 0 unspecified atom stereocenters. The number of alkyl carbamates (subject to hydrolysis) is 1. The Morgan fingerprint density at radius 1 is 0.650 bits per heavy atom. The largest absolute Gasteiger partial charge is 0.458 e. The molecule has 0 spiro atoms. The third-order valence-corrected chi connectivity index (χ3v) is 10.4. The lowest BCUT2D eigenvalue weighted by Crippen LogP contribution is -2.64. The molecule has 1 aliphatic carbocycles. The Hall–Kier alpha value is -5.40. The SMILES string of the molecule is CC(C)(C)OC(=O)[C@H](CO[C@H]1O[C@H](COCc2ccccc2)[C@H](OCc2ccccc2)[C@H](OCc2ccccc2)[C@H]1N)NC(=O)OCC1c2ccccc2-c2ccccc21. The van der Waals surface area contributed by atoms with Crippen LogP contribution in [0.1, 0.15) is 54.5 Å². The fourth-order valence-electron chi connectivity index (χ4n) is 7.53. The Bertz CT molecular complexity index is 2080. The number of rotatable bonds is 17. The zero-order valence-electron chi connectivity index (χ0n) is 34.3. The highest BCUT2D eigenvalue weighted by atomic mass is 16.7. The maximum atomic E-state index is 13.7. The van der Waals surface area contributed by atoms with Gasteiger partial charge >= 0.3 is 12.1 Å². The Kier molecular flexibility index (Phi) is 14.4. The van der Waals surface area contributed by atoms with E-state index >= 15 is 0 Å². The van der Waals surface area contributed by atoms with Gasteiger partial charge in [0.25, 0.3) is 0 Å². The van der Waals surface area contributed by atoms with Crippen LogP contribution in [0.5, 0.6) is 0 Å². The summed E-state index contributed by atoms with van der Waals surface area (Å²) in [6.45, 7) is 5.96. The van der Waals surface area contributed by atoms with E-state index in [1.165, 1.54) is 0 Å². The van der Waals surface area contributed by atoms with Crippen molar-refractivity contribution in [3.63, 3.8) is 0 Å². The van der Waals surface area contributed by atoms with Crippen molar-refractivity contribution in [3.05, 3.63) is 167 Å². The first-order valence-electron chi connectivity index (χ1n) is 20.4. The molecule has 1 amide bonds. The normalized spacial score (nSPS) is 20.4. The van der Waals surface area contributed by atoms with Crippen molar-refractivity contribution < 1.29 is 42.7 Å². The lowest BCUT2D eigenvalue weighted by Gasteiger charge is -2.45. The molecule has 2 aliphatic rings. The summed E-state index contributed by atoms with van der Waals surface area (Å²) in [4.78, 5) is 27.2. The second-order valence-corrected chi connectivity index (χ2v) is 16.0. The van der Waals surface area contributed by atoms with Gasteiger partial charge in [0.2, 0.25) is 0 Å². The molecule has 0 saturated carbocycles. The number of benzene rings is 5. The lowest BCUT2D eigenvalue weighted by atomic mass is 9.96. The molecular weight excluding hydrogens is 761 g/mol. The molecule has 1 fully saturated rings. The molecule has 6 atom stereocenters. The highest BCUT2D eigenvalue weighted by Gasteiger charge is 2.47. The molecule has 7 rings (SSSR count). The standard InChI is InChI=1S/C49H54N2O9/c1-49(2,3)60-46(52)41(51-48(53)58-30-40-38-25-15-13-23-36(38)37-24-14-16-26-39(37)40)31-57-47-43(50)45(56-29-35-21-11-6-12-22-35)44(55-28-34-19-9-5-10-20-34)42(59-47)32-54-27-33-17-7-4-8-18-33/h4-26,40-45,47H,27-32,50H2,1-3H3,(H,51,53)/t41-,42+,43+,44-,45+,47-/m0/s1. The van der Waals surface area contributed by atoms with Gasteiger partial charge in [-0.2, -0.15) is 0 Å². The summed E-state index contributed by atoms with van der Waals surface area (Å²) in [7, 11) is 0. The molecule has 1 heterocycles. The molecule has 314 valence electrons. The number of carbonyl (C=O) groups is 2. The second-order valence-electron chi connectivity index (χ2n) is 16.0. The number of esters is 1. The molecule has 0 aromatic heterocycles. The van der Waals surface area contributed by atoms with E-state index < -0.39 is 54.3 Å². The smallest absolute Gasteiger partial charge is 0.407 e. The van der Waals surface area contributed by atoms with Crippen LogP contribution in [0.3, 0.4) is 0 Å². The summed E-state index contributed by atoms with van der Waals surface area (Å²) < 4.78 is 43.8. The van der Waals surface area contributed by atoms with Crippen molar-refractivity contribution in [1.29, 1.82) is 0 Å². The molecule has 5 aromatic carbocycles. The van der Waals surface area contributed by atoms with Gasteiger partial charge in [0, 0.05) is 5.92 Å². The van der Waals surface area contributed by atoms with Crippen LogP contribution in [0.15, 0.2) is 140 Å². The third kappa shape index (κ3) is 11.2. The third-order valence-electron chi connectivity index (χ3n) is 10.4. The molecule has 0 radical (unpaired) electrons. The maximum Gasteiger partial charge on any atom is 0.407 e. The van der Waals surface area contributed by atoms with Crippen molar-refractivity contribution in [2.24, 2.45) is 5.73 Å². The lowest BCUT2D eigenvalue weighted by molar-refractivity contribution is -0.287. The van der Waals surface area contributed by atoms with Crippen LogP contribution in [0.2, 0.25) is 0 Å². The van der Waals surface area contributed by atoms with E-state index in [1.54, 1.807) is 20.8 Å². The first-order valence-corrected chi connectivity index (χ1v) is 20.4. The van der Waals surface area contributed by atoms with Gasteiger partial charge in [0.05, 0.1) is 39.1 Å². The van der Waals surface area contributed by atoms with Crippen LogP contribution in [0, 0.1) is 0 Å². The molecular formula is C49H54N2O9. The minimum absolute atomic E-state index is 0.0633. The van der Waals surface area contributed by atoms with Crippen LogP contribution in [-0.4, -0.2) is 74.2 Å². The first-order chi connectivity index (χ1) is 29.1. The highest BCUT2D eigenvalue weighted by Crippen LogP contribution is 2.44. The van der Waals surface area contributed by atoms with Crippen LogP contribution in [0.25, 0.3) is 11.1 Å². The van der Waals surface area contributed by atoms with Crippen LogP contribution in [-0.2, 0) is 57.8 Å². The average Bonchev–Trinajstić information content (AvgIpc) is 3.58. The zero-order chi connectivity index (χ0) is 41.9. The Morgan fingerprint density at radius 2 is 1.15 bits per heavy atom. The Balaban J connectivity index is 1.08. The van der Waals surface area contributed by atoms with Crippen molar-refractivity contribution in [2.45, 2.75) is 88.8 Å². The van der Waals surface area contributed by atoms with Gasteiger partial charge in [0.15, 0.2) is 12.3 Å². The number of nitrogens with two attached hydrogens (primary N) is 1. The fourth-order valence-corrected chi connectivity index (χ4v) is 7.53. The van der Waals surface area contributed by atoms with Crippen LogP contribution >= 0.6 is 0 Å². The maximum absolute atomic E-state index is 13.7. The van der Waals surface area contributed by atoms with E-state index in [0.717, 1.165) is 38.9 Å². The van der Waals surface area contributed by atoms with Gasteiger partial charge in [-0.1, -0.05) is 140 Å². The molecule has 1 aliphatic heterocycles. The van der Waals surface area contributed by atoms with Gasteiger partial charge in [-0.05, 0) is 59.7 Å². The van der Waals surface area contributed by atoms with Gasteiger partial charge in [0.1, 0.15) is 30.5 Å². The molecule has 3 N–H and O–H groups in total. The number of amides is 1. The van der Waals surface area contributed by atoms with Crippen LogP contribution in [0.4, 0.5) is 4.79 Å². The minimum atomic E-state index is -1.26. The van der Waals surface area contributed by atoms with Crippen molar-refractivity contribution >= 4 is 12.1 Å². The Morgan fingerprint density at radius 3 is 1.70 bits per heavy atom. The predicted octanol–water partition coefficient (Wildman–Crippen LogP) is 7.69. The molecule has 0 bridgehead atoms. The Labute approximate surface area is 352 Å². The summed E-state index contributed by atoms with van der Waals surface area (Å²) in [6, 6.07) is 43.4. The number of hydrogen-bond acceptors (Lipinski definition) is 10. The summed E-state index contributed by atoms with van der Waals surface area (Å²) in [5.41, 5.74) is 13.4. The summed E-state index contributed by atoms with van der Waals surface area (Å²) >= 11 is 0. The monoisotopic (exact) mass is 814 g/mol. The van der Waals surface area contributed by atoms with Gasteiger partial charge in [-0.15, -0.1) is 0 Å². The molecule has 11 nitrogen and oxygen atoms in total. The topological polar surface area (TPSA) is 137 Å². The number of ether oxygens (including phenoxy) is 7.